The summed E-state index contributed by atoms with van der Waals surface area (Å²) in [5, 5.41) is 9.38. The molecule has 1 aromatic carbocycles. The Bertz CT molecular complexity index is 704. The fourth-order valence-electron chi connectivity index (χ4n) is 1.92. The Balaban J connectivity index is 1.92. The van der Waals surface area contributed by atoms with Crippen molar-refractivity contribution in [2.45, 2.75) is 0 Å². The standard InChI is InChI=1S/C15H11NO4/c1-19-14-5-2-9(8-16-14)6-13-15(18)11-4-3-10(17)7-12(11)20-13/h2-8,17H,1H3/b13-6-. The minimum absolute atomic E-state index is 0.0592. The molecule has 20 heavy (non-hydrogen) atoms. The molecule has 0 radical (unpaired) electrons. The van der Waals surface area contributed by atoms with Crippen LogP contribution in [-0.2, 0) is 0 Å². The molecule has 1 N–H and O–H groups in total. The molecule has 0 aliphatic carbocycles. The molecule has 0 spiro atoms. The lowest BCUT2D eigenvalue weighted by Gasteiger charge is -2.00. The molecule has 100 valence electrons. The quantitative estimate of drug-likeness (QED) is 0.848. The van der Waals surface area contributed by atoms with Crippen molar-refractivity contribution in [1.82, 2.24) is 4.98 Å². The third kappa shape index (κ3) is 2.09. The van der Waals surface area contributed by atoms with Gasteiger partial charge in [0.25, 0.3) is 0 Å². The normalized spacial score (nSPS) is 15.1. The van der Waals surface area contributed by atoms with E-state index in [1.54, 1.807) is 30.5 Å². The summed E-state index contributed by atoms with van der Waals surface area (Å²) in [4.78, 5) is 16.2. The lowest BCUT2D eigenvalue weighted by Crippen LogP contribution is -1.98. The van der Waals surface area contributed by atoms with Crippen LogP contribution in [0.25, 0.3) is 6.08 Å². The van der Waals surface area contributed by atoms with Gasteiger partial charge >= 0.3 is 0 Å². The van der Waals surface area contributed by atoms with Crippen LogP contribution < -0.4 is 9.47 Å². The van der Waals surface area contributed by atoms with E-state index < -0.39 is 0 Å². The minimum Gasteiger partial charge on any atom is -0.508 e. The summed E-state index contributed by atoms with van der Waals surface area (Å²) in [6.45, 7) is 0. The van der Waals surface area contributed by atoms with Gasteiger partial charge in [0.15, 0.2) is 5.76 Å². The Morgan fingerprint density at radius 3 is 2.85 bits per heavy atom. The number of carbonyl (C=O) groups excluding carboxylic acids is 1. The fraction of sp³-hybridized carbons (Fsp3) is 0.0667. The number of phenols is 1. The average Bonchev–Trinajstić information content (AvgIpc) is 2.75. The van der Waals surface area contributed by atoms with Crippen LogP contribution in [0, 0.1) is 0 Å². The number of benzene rings is 1. The second kappa shape index (κ2) is 4.70. The first kappa shape index (κ1) is 12.2. The predicted molar refractivity (Wildman–Crippen MR) is 71.8 cm³/mol. The maximum absolute atomic E-state index is 12.1. The van der Waals surface area contributed by atoms with E-state index in [-0.39, 0.29) is 17.3 Å². The number of aromatic nitrogens is 1. The monoisotopic (exact) mass is 269 g/mol. The SMILES string of the molecule is COc1ccc(/C=C2\Oc3cc(O)ccc3C2=O)cn1. The van der Waals surface area contributed by atoms with Gasteiger partial charge < -0.3 is 14.6 Å². The zero-order chi connectivity index (χ0) is 14.1. The van der Waals surface area contributed by atoms with E-state index >= 15 is 0 Å². The maximum Gasteiger partial charge on any atom is 0.231 e. The zero-order valence-electron chi connectivity index (χ0n) is 10.7. The van der Waals surface area contributed by atoms with Gasteiger partial charge in [-0.05, 0) is 29.8 Å². The van der Waals surface area contributed by atoms with Gasteiger partial charge in [0.05, 0.1) is 12.7 Å². The van der Waals surface area contributed by atoms with Crippen molar-refractivity contribution in [1.29, 1.82) is 0 Å². The van der Waals surface area contributed by atoms with E-state index in [0.717, 1.165) is 5.56 Å². The molecule has 1 aliphatic rings. The third-order valence-corrected chi connectivity index (χ3v) is 2.92. The number of nitrogens with zero attached hydrogens (tertiary/aromatic N) is 1. The Morgan fingerprint density at radius 2 is 2.15 bits per heavy atom. The average molecular weight is 269 g/mol. The molecular weight excluding hydrogens is 258 g/mol. The summed E-state index contributed by atoms with van der Waals surface area (Å²) in [5.74, 6) is 0.916. The number of allylic oxidation sites excluding steroid dienone is 1. The highest BCUT2D eigenvalue weighted by Gasteiger charge is 2.27. The summed E-state index contributed by atoms with van der Waals surface area (Å²) in [5.41, 5.74) is 1.17. The largest absolute Gasteiger partial charge is 0.508 e. The summed E-state index contributed by atoms with van der Waals surface area (Å²) in [7, 11) is 1.53. The molecule has 2 heterocycles. The van der Waals surface area contributed by atoms with Crippen LogP contribution in [0.4, 0.5) is 0 Å². The first-order chi connectivity index (χ1) is 9.67. The fourth-order valence-corrected chi connectivity index (χ4v) is 1.92. The van der Waals surface area contributed by atoms with Crippen molar-refractivity contribution < 1.29 is 19.4 Å². The number of phenolic OH excluding ortho intramolecular Hbond substituents is 1. The van der Waals surface area contributed by atoms with Crippen molar-refractivity contribution in [3.63, 3.8) is 0 Å². The number of Topliss-reactive ketones (excluding diaryl/α,β-unsaturated/α-hetero) is 1. The Kier molecular flexibility index (Phi) is 2.87. The topological polar surface area (TPSA) is 68.7 Å². The highest BCUT2D eigenvalue weighted by molar-refractivity contribution is 6.14. The van der Waals surface area contributed by atoms with Crippen LogP contribution in [0.3, 0.4) is 0 Å². The van der Waals surface area contributed by atoms with Gasteiger partial charge in [-0.1, -0.05) is 0 Å². The molecule has 3 rings (SSSR count). The smallest absolute Gasteiger partial charge is 0.231 e. The van der Waals surface area contributed by atoms with Gasteiger partial charge in [-0.3, -0.25) is 4.79 Å². The molecule has 0 atom stereocenters. The number of carbonyl (C=O) groups is 1. The lowest BCUT2D eigenvalue weighted by molar-refractivity contribution is 0.101. The molecule has 0 fully saturated rings. The molecule has 0 bridgehead atoms. The summed E-state index contributed by atoms with van der Waals surface area (Å²) < 4.78 is 10.4. The Labute approximate surface area is 115 Å². The van der Waals surface area contributed by atoms with Crippen LogP contribution in [0.2, 0.25) is 0 Å². The minimum atomic E-state index is -0.212. The number of methoxy groups -OCH3 is 1. The molecule has 1 aromatic heterocycles. The first-order valence-corrected chi connectivity index (χ1v) is 5.94. The van der Waals surface area contributed by atoms with E-state index in [1.165, 1.54) is 19.2 Å². The van der Waals surface area contributed by atoms with Crippen LogP contribution in [-0.4, -0.2) is 23.0 Å². The van der Waals surface area contributed by atoms with Gasteiger partial charge in [-0.25, -0.2) is 4.98 Å². The molecule has 0 unspecified atom stereocenters. The molecule has 5 nitrogen and oxygen atoms in total. The maximum atomic E-state index is 12.1. The van der Waals surface area contributed by atoms with Gasteiger partial charge in [-0.2, -0.15) is 0 Å². The van der Waals surface area contributed by atoms with Crippen LogP contribution in [0.15, 0.2) is 42.3 Å². The molecule has 5 heteroatoms. The molecule has 0 amide bonds. The molecule has 0 saturated carbocycles. The number of hydrogen-bond acceptors (Lipinski definition) is 5. The van der Waals surface area contributed by atoms with Crippen LogP contribution in [0.5, 0.6) is 17.4 Å². The van der Waals surface area contributed by atoms with Crippen LogP contribution in [0.1, 0.15) is 15.9 Å². The van der Waals surface area contributed by atoms with Gasteiger partial charge in [0.1, 0.15) is 11.5 Å². The number of aromatic hydroxyl groups is 1. The molecule has 2 aromatic rings. The van der Waals surface area contributed by atoms with Gasteiger partial charge in [0.2, 0.25) is 11.7 Å². The Hall–Kier alpha value is -2.82. The van der Waals surface area contributed by atoms with Crippen LogP contribution >= 0.6 is 0 Å². The molecule has 0 saturated heterocycles. The second-order valence-corrected chi connectivity index (χ2v) is 4.25. The van der Waals surface area contributed by atoms with Crippen molar-refractivity contribution in [3.8, 4) is 17.4 Å². The van der Waals surface area contributed by atoms with Crippen molar-refractivity contribution in [2.24, 2.45) is 0 Å². The zero-order valence-corrected chi connectivity index (χ0v) is 10.7. The number of ketones is 1. The van der Waals surface area contributed by atoms with E-state index in [0.29, 0.717) is 17.2 Å². The second-order valence-electron chi connectivity index (χ2n) is 4.25. The highest BCUT2D eigenvalue weighted by Crippen LogP contribution is 2.34. The summed E-state index contributed by atoms with van der Waals surface area (Å²) >= 11 is 0. The van der Waals surface area contributed by atoms with E-state index in [1.807, 2.05) is 0 Å². The van der Waals surface area contributed by atoms with E-state index in [9.17, 15) is 9.90 Å². The number of pyridine rings is 1. The lowest BCUT2D eigenvalue weighted by atomic mass is 10.1. The predicted octanol–water partition coefficient (Wildman–Crippen LogP) is 2.41. The summed E-state index contributed by atoms with van der Waals surface area (Å²) in [6.07, 6.45) is 3.19. The number of ether oxygens (including phenoxy) is 2. The van der Waals surface area contributed by atoms with Crippen molar-refractivity contribution in [2.75, 3.05) is 7.11 Å². The molecule has 1 aliphatic heterocycles. The van der Waals surface area contributed by atoms with E-state index in [2.05, 4.69) is 4.98 Å². The highest BCUT2D eigenvalue weighted by atomic mass is 16.5. The first-order valence-electron chi connectivity index (χ1n) is 5.94. The number of fused-ring (bicyclic) bond motifs is 1. The Morgan fingerprint density at radius 1 is 1.30 bits per heavy atom. The van der Waals surface area contributed by atoms with Crippen molar-refractivity contribution in [3.05, 3.63) is 53.4 Å². The van der Waals surface area contributed by atoms with Gasteiger partial charge in [-0.15, -0.1) is 0 Å². The van der Waals surface area contributed by atoms with Gasteiger partial charge in [0, 0.05) is 18.3 Å². The number of hydrogen-bond donors (Lipinski definition) is 1. The van der Waals surface area contributed by atoms with Crippen molar-refractivity contribution >= 4 is 11.9 Å². The third-order valence-electron chi connectivity index (χ3n) is 2.92. The summed E-state index contributed by atoms with van der Waals surface area (Å²) in [6, 6.07) is 7.89. The number of rotatable bonds is 2. The molecular formula is C15H11NO4. The van der Waals surface area contributed by atoms with E-state index in [4.69, 9.17) is 9.47 Å².